The zero-order chi connectivity index (χ0) is 15.6. The van der Waals surface area contributed by atoms with Gasteiger partial charge in [-0.2, -0.15) is 0 Å². The van der Waals surface area contributed by atoms with Crippen molar-refractivity contribution in [3.8, 4) is 0 Å². The Morgan fingerprint density at radius 1 is 1.05 bits per heavy atom. The third-order valence-corrected chi connectivity index (χ3v) is 3.16. The first kappa shape index (κ1) is 15.5. The maximum Gasteiger partial charge on any atom is 0.251 e. The van der Waals surface area contributed by atoms with E-state index in [0.717, 1.165) is 6.07 Å². The van der Waals surface area contributed by atoms with Crippen molar-refractivity contribution in [2.24, 2.45) is 5.73 Å². The van der Waals surface area contributed by atoms with Crippen molar-refractivity contribution in [1.29, 1.82) is 0 Å². The second kappa shape index (κ2) is 6.28. The van der Waals surface area contributed by atoms with Crippen LogP contribution >= 0.6 is 23.2 Å². The van der Waals surface area contributed by atoms with E-state index in [0.29, 0.717) is 21.7 Å². The van der Waals surface area contributed by atoms with Crippen LogP contribution in [0.15, 0.2) is 30.3 Å². The number of nitrogens with one attached hydrogen (secondary N) is 1. The van der Waals surface area contributed by atoms with E-state index in [1.165, 1.54) is 0 Å². The van der Waals surface area contributed by atoms with Gasteiger partial charge in [0.1, 0.15) is 11.6 Å². The van der Waals surface area contributed by atoms with Gasteiger partial charge in [-0.15, -0.1) is 0 Å². The summed E-state index contributed by atoms with van der Waals surface area (Å²) in [4.78, 5) is 11.0. The van der Waals surface area contributed by atoms with Gasteiger partial charge in [0, 0.05) is 22.7 Å². The van der Waals surface area contributed by atoms with Crippen LogP contribution in [0.1, 0.15) is 15.9 Å². The summed E-state index contributed by atoms with van der Waals surface area (Å²) in [5.74, 6) is -2.80. The normalized spacial score (nSPS) is 10.5. The molecule has 0 atom stereocenters. The highest BCUT2D eigenvalue weighted by Crippen LogP contribution is 2.22. The molecule has 1 amide bonds. The van der Waals surface area contributed by atoms with Gasteiger partial charge in [-0.25, -0.2) is 8.78 Å². The Morgan fingerprint density at radius 2 is 1.67 bits per heavy atom. The maximum atomic E-state index is 13.6. The van der Waals surface area contributed by atoms with Gasteiger partial charge in [0.15, 0.2) is 0 Å². The van der Waals surface area contributed by atoms with E-state index in [1.54, 1.807) is 18.2 Å². The van der Waals surface area contributed by atoms with Crippen LogP contribution in [0.25, 0.3) is 0 Å². The van der Waals surface area contributed by atoms with E-state index in [4.69, 9.17) is 28.9 Å². The molecule has 0 fully saturated rings. The van der Waals surface area contributed by atoms with Crippen molar-refractivity contribution < 1.29 is 13.6 Å². The molecule has 3 N–H and O–H groups in total. The Bertz CT molecular complexity index is 687. The minimum absolute atomic E-state index is 0.0405. The molecule has 0 aliphatic carbocycles. The fourth-order valence-corrected chi connectivity index (χ4v) is 2.35. The molecule has 7 heteroatoms. The summed E-state index contributed by atoms with van der Waals surface area (Å²) < 4.78 is 27.0. The lowest BCUT2D eigenvalue weighted by Gasteiger charge is -2.10. The number of nitrogens with two attached hydrogens (primary N) is 1. The highest BCUT2D eigenvalue weighted by molar-refractivity contribution is 6.34. The molecule has 0 saturated carbocycles. The van der Waals surface area contributed by atoms with E-state index in [2.05, 4.69) is 5.32 Å². The molecular formula is C14H10Cl2F2N2O. The molecule has 0 aliphatic heterocycles. The first-order valence-corrected chi connectivity index (χ1v) is 6.60. The fraction of sp³-hybridized carbons (Fsp3) is 0.0714. The number of hydrogen-bond acceptors (Lipinski definition) is 2. The summed E-state index contributed by atoms with van der Waals surface area (Å²) in [5, 5.41) is 3.62. The number of hydrogen-bond donors (Lipinski definition) is 2. The van der Waals surface area contributed by atoms with Gasteiger partial charge in [0.05, 0.1) is 11.3 Å². The van der Waals surface area contributed by atoms with E-state index in [9.17, 15) is 13.6 Å². The molecule has 0 heterocycles. The fourth-order valence-electron chi connectivity index (χ4n) is 1.78. The molecule has 21 heavy (non-hydrogen) atoms. The molecule has 3 nitrogen and oxygen atoms in total. The summed E-state index contributed by atoms with van der Waals surface area (Å²) in [5.41, 5.74) is 5.30. The zero-order valence-electron chi connectivity index (χ0n) is 10.6. The molecule has 0 bridgehead atoms. The lowest BCUT2D eigenvalue weighted by Crippen LogP contribution is -2.14. The van der Waals surface area contributed by atoms with Gasteiger partial charge in [-0.3, -0.25) is 4.79 Å². The molecule has 2 aromatic carbocycles. The zero-order valence-corrected chi connectivity index (χ0v) is 12.1. The smallest absolute Gasteiger partial charge is 0.251 e. The lowest BCUT2D eigenvalue weighted by atomic mass is 10.1. The Balaban J connectivity index is 2.23. The average Bonchev–Trinajstić information content (AvgIpc) is 2.36. The van der Waals surface area contributed by atoms with Gasteiger partial charge in [0.25, 0.3) is 5.91 Å². The summed E-state index contributed by atoms with van der Waals surface area (Å²) in [6.45, 7) is 0.195. The molecule has 0 radical (unpaired) electrons. The van der Waals surface area contributed by atoms with Gasteiger partial charge in [-0.05, 0) is 29.8 Å². The summed E-state index contributed by atoms with van der Waals surface area (Å²) in [6, 6.07) is 6.50. The lowest BCUT2D eigenvalue weighted by molar-refractivity contribution is 0.0996. The molecule has 0 aromatic heterocycles. The third kappa shape index (κ3) is 3.83. The summed E-state index contributed by atoms with van der Waals surface area (Å²) in [7, 11) is 0. The van der Waals surface area contributed by atoms with Gasteiger partial charge < -0.3 is 11.1 Å². The Hall–Kier alpha value is -1.85. The summed E-state index contributed by atoms with van der Waals surface area (Å²) in [6.07, 6.45) is 0. The van der Waals surface area contributed by atoms with Crippen LogP contribution in [0.2, 0.25) is 10.0 Å². The highest BCUT2D eigenvalue weighted by atomic mass is 35.5. The predicted octanol–water partition coefficient (Wildman–Crippen LogP) is 3.98. The van der Waals surface area contributed by atoms with Gasteiger partial charge >= 0.3 is 0 Å². The summed E-state index contributed by atoms with van der Waals surface area (Å²) >= 11 is 11.7. The number of carbonyl (C=O) groups excluding carboxylic acids is 1. The minimum Gasteiger partial charge on any atom is -0.379 e. The largest absolute Gasteiger partial charge is 0.379 e. The van der Waals surface area contributed by atoms with Crippen molar-refractivity contribution in [1.82, 2.24) is 0 Å². The topological polar surface area (TPSA) is 55.1 Å². The van der Waals surface area contributed by atoms with Crippen molar-refractivity contribution in [3.05, 3.63) is 63.1 Å². The first-order chi connectivity index (χ1) is 9.86. The highest BCUT2D eigenvalue weighted by Gasteiger charge is 2.13. The van der Waals surface area contributed by atoms with Crippen LogP contribution in [0, 0.1) is 11.6 Å². The number of primary amides is 1. The van der Waals surface area contributed by atoms with Gasteiger partial charge in [0.2, 0.25) is 0 Å². The van der Waals surface area contributed by atoms with Crippen LogP contribution in [-0.2, 0) is 6.54 Å². The van der Waals surface area contributed by atoms with Crippen molar-refractivity contribution >= 4 is 34.8 Å². The minimum atomic E-state index is -1.00. The van der Waals surface area contributed by atoms with Crippen LogP contribution in [0.3, 0.4) is 0 Å². The van der Waals surface area contributed by atoms with E-state index in [-0.39, 0.29) is 17.8 Å². The van der Waals surface area contributed by atoms with Crippen molar-refractivity contribution in [2.45, 2.75) is 6.54 Å². The molecule has 110 valence electrons. The molecule has 0 saturated heterocycles. The van der Waals surface area contributed by atoms with Crippen LogP contribution in [0.4, 0.5) is 14.5 Å². The Labute approximate surface area is 129 Å². The molecule has 0 unspecified atom stereocenters. The molecule has 0 aliphatic rings. The van der Waals surface area contributed by atoms with E-state index in [1.807, 2.05) is 0 Å². The SMILES string of the molecule is NC(=O)c1cc(NCc2cc(Cl)cc(Cl)c2)c(F)cc1F. The second-order valence-corrected chi connectivity index (χ2v) is 5.18. The monoisotopic (exact) mass is 330 g/mol. The molecule has 0 spiro atoms. The van der Waals surface area contributed by atoms with E-state index < -0.39 is 17.5 Å². The van der Waals surface area contributed by atoms with Gasteiger partial charge in [-0.1, -0.05) is 23.2 Å². The third-order valence-electron chi connectivity index (χ3n) is 2.73. The Morgan fingerprint density at radius 3 is 2.24 bits per heavy atom. The van der Waals surface area contributed by atoms with E-state index >= 15 is 0 Å². The van der Waals surface area contributed by atoms with Crippen LogP contribution in [0.5, 0.6) is 0 Å². The Kier molecular flexibility index (Phi) is 4.65. The quantitative estimate of drug-likeness (QED) is 0.890. The molecule has 2 aromatic rings. The number of amides is 1. The first-order valence-electron chi connectivity index (χ1n) is 5.84. The second-order valence-electron chi connectivity index (χ2n) is 4.31. The number of benzene rings is 2. The number of carbonyl (C=O) groups is 1. The average molecular weight is 331 g/mol. The number of halogens is 4. The van der Waals surface area contributed by atoms with Crippen LogP contribution < -0.4 is 11.1 Å². The van der Waals surface area contributed by atoms with Crippen molar-refractivity contribution in [2.75, 3.05) is 5.32 Å². The van der Waals surface area contributed by atoms with Crippen molar-refractivity contribution in [3.63, 3.8) is 0 Å². The van der Waals surface area contributed by atoms with Crippen LogP contribution in [-0.4, -0.2) is 5.91 Å². The standard InChI is InChI=1S/C14H10Cl2F2N2O/c15-8-1-7(2-9(16)3-8)6-20-13-4-10(14(19)21)11(17)5-12(13)18/h1-5,20H,6H2,(H2,19,21). The number of rotatable bonds is 4. The number of anilines is 1. The maximum absolute atomic E-state index is 13.6. The molecule has 2 rings (SSSR count). The predicted molar refractivity (Wildman–Crippen MR) is 78.7 cm³/mol. The molecular weight excluding hydrogens is 321 g/mol.